The average Bonchev–Trinajstić information content (AvgIpc) is 3.24. The molecule has 0 radical (unpaired) electrons. The maximum Gasteiger partial charge on any atom is 0.277 e. The lowest BCUT2D eigenvalue weighted by atomic mass is 9.97. The molecule has 0 unspecified atom stereocenters. The second-order valence-corrected chi connectivity index (χ2v) is 8.62. The Bertz CT molecular complexity index is 1390. The highest BCUT2D eigenvalue weighted by Gasteiger charge is 2.19. The maximum atomic E-state index is 13.2. The molecule has 5 rings (SSSR count). The minimum absolute atomic E-state index is 0.0192. The summed E-state index contributed by atoms with van der Waals surface area (Å²) in [5.74, 6) is 0.654. The molecule has 2 heterocycles. The Balaban J connectivity index is 1.27. The van der Waals surface area contributed by atoms with E-state index in [2.05, 4.69) is 10.4 Å². The Kier molecular flexibility index (Phi) is 6.16. The van der Waals surface area contributed by atoms with Crippen LogP contribution in [0.3, 0.4) is 0 Å². The first-order chi connectivity index (χ1) is 16.6. The highest BCUT2D eigenvalue weighted by atomic mass is 16.5. The van der Waals surface area contributed by atoms with Crippen LogP contribution in [0.1, 0.15) is 52.5 Å². The summed E-state index contributed by atoms with van der Waals surface area (Å²) in [6.07, 6.45) is 7.73. The predicted octanol–water partition coefficient (Wildman–Crippen LogP) is 3.75. The lowest BCUT2D eigenvalue weighted by molar-refractivity contribution is 0.0951. The second-order valence-electron chi connectivity index (χ2n) is 8.62. The number of hydrogen-bond donors (Lipinski definition) is 1. The van der Waals surface area contributed by atoms with Crippen LogP contribution in [0.2, 0.25) is 0 Å². The van der Waals surface area contributed by atoms with Crippen molar-refractivity contribution in [1.29, 1.82) is 0 Å². The normalized spacial score (nSPS) is 13.0. The molecule has 4 aromatic rings. The quantitative estimate of drug-likeness (QED) is 0.460. The van der Waals surface area contributed by atoms with Gasteiger partial charge in [-0.1, -0.05) is 24.3 Å². The van der Waals surface area contributed by atoms with Gasteiger partial charge in [-0.15, -0.1) is 0 Å². The zero-order valence-electron chi connectivity index (χ0n) is 19.3. The fourth-order valence-electron chi connectivity index (χ4n) is 4.53. The molecule has 0 fully saturated rings. The lowest BCUT2D eigenvalue weighted by Gasteiger charge is -2.10. The molecule has 0 aliphatic heterocycles. The van der Waals surface area contributed by atoms with Gasteiger partial charge in [0.25, 0.3) is 11.5 Å². The number of carbonyl (C=O) groups is 1. The first-order valence-electron chi connectivity index (χ1n) is 11.8. The van der Waals surface area contributed by atoms with Crippen LogP contribution in [0.4, 0.5) is 0 Å². The van der Waals surface area contributed by atoms with Crippen molar-refractivity contribution in [3.63, 3.8) is 0 Å². The molecule has 34 heavy (non-hydrogen) atoms. The minimum Gasteiger partial charge on any atom is -0.494 e. The number of fused-ring (bicyclic) bond motifs is 3. The van der Waals surface area contributed by atoms with E-state index in [-0.39, 0.29) is 11.5 Å². The van der Waals surface area contributed by atoms with Crippen LogP contribution < -0.4 is 15.6 Å². The van der Waals surface area contributed by atoms with Crippen LogP contribution in [-0.2, 0) is 25.9 Å². The zero-order valence-corrected chi connectivity index (χ0v) is 19.3. The molecule has 2 aromatic carbocycles. The number of aryl methyl sites for hydroxylation is 2. The average molecular weight is 457 g/mol. The van der Waals surface area contributed by atoms with Gasteiger partial charge in [0, 0.05) is 30.1 Å². The molecule has 1 aliphatic carbocycles. The molecule has 174 valence electrons. The van der Waals surface area contributed by atoms with Gasteiger partial charge < -0.3 is 14.6 Å². The molecule has 0 saturated carbocycles. The number of benzene rings is 2. The van der Waals surface area contributed by atoms with Gasteiger partial charge in [0.05, 0.1) is 18.8 Å². The van der Waals surface area contributed by atoms with Gasteiger partial charge in [0.1, 0.15) is 11.3 Å². The third-order valence-electron chi connectivity index (χ3n) is 6.26. The van der Waals surface area contributed by atoms with Crippen molar-refractivity contribution in [2.45, 2.75) is 45.7 Å². The summed E-state index contributed by atoms with van der Waals surface area (Å²) in [4.78, 5) is 25.8. The van der Waals surface area contributed by atoms with Crippen LogP contribution in [0.25, 0.3) is 5.52 Å². The van der Waals surface area contributed by atoms with Gasteiger partial charge >= 0.3 is 0 Å². The van der Waals surface area contributed by atoms with Crippen molar-refractivity contribution in [2.75, 3.05) is 6.61 Å². The van der Waals surface area contributed by atoms with E-state index in [4.69, 9.17) is 4.74 Å². The van der Waals surface area contributed by atoms with E-state index >= 15 is 0 Å². The Labute approximate surface area is 198 Å². The van der Waals surface area contributed by atoms with Gasteiger partial charge in [0.2, 0.25) is 0 Å². The van der Waals surface area contributed by atoms with Gasteiger partial charge in [-0.2, -0.15) is 5.10 Å². The fourth-order valence-corrected chi connectivity index (χ4v) is 4.53. The van der Waals surface area contributed by atoms with Crippen LogP contribution >= 0.6 is 0 Å². The van der Waals surface area contributed by atoms with Crippen molar-refractivity contribution < 1.29 is 9.53 Å². The van der Waals surface area contributed by atoms with E-state index in [0.29, 0.717) is 30.8 Å². The largest absolute Gasteiger partial charge is 0.494 e. The Morgan fingerprint density at radius 3 is 2.71 bits per heavy atom. The molecule has 0 bridgehead atoms. The topological polar surface area (TPSA) is 77.6 Å². The first kappa shape index (κ1) is 21.9. The third kappa shape index (κ3) is 4.46. The SMILES string of the molecule is CCOc1cccc(CNC(=O)c2ccc(Cn3ccn4nc5c(c4c3=O)CCCC5)cc2)c1. The van der Waals surface area contributed by atoms with Gasteiger partial charge in [-0.25, -0.2) is 4.52 Å². The molecule has 7 nitrogen and oxygen atoms in total. The zero-order chi connectivity index (χ0) is 23.5. The Hall–Kier alpha value is -3.87. The summed E-state index contributed by atoms with van der Waals surface area (Å²) in [5, 5.41) is 7.55. The maximum absolute atomic E-state index is 13.2. The fraction of sp³-hybridized carbons (Fsp3) is 0.296. The number of hydrogen-bond acceptors (Lipinski definition) is 4. The summed E-state index contributed by atoms with van der Waals surface area (Å²) in [5.41, 5.74) is 5.35. The first-order valence-corrected chi connectivity index (χ1v) is 11.8. The van der Waals surface area contributed by atoms with Crippen molar-refractivity contribution in [3.8, 4) is 5.75 Å². The molecule has 2 aromatic heterocycles. The molecule has 1 amide bonds. The van der Waals surface area contributed by atoms with Crippen LogP contribution in [-0.4, -0.2) is 26.7 Å². The predicted molar refractivity (Wildman–Crippen MR) is 130 cm³/mol. The van der Waals surface area contributed by atoms with E-state index in [1.807, 2.05) is 49.5 Å². The van der Waals surface area contributed by atoms with Gasteiger partial charge in [0.15, 0.2) is 0 Å². The van der Waals surface area contributed by atoms with E-state index in [1.165, 1.54) is 0 Å². The molecular formula is C27H28N4O3. The van der Waals surface area contributed by atoms with Gasteiger partial charge in [-0.3, -0.25) is 9.59 Å². The summed E-state index contributed by atoms with van der Waals surface area (Å²) >= 11 is 0. The summed E-state index contributed by atoms with van der Waals surface area (Å²) < 4.78 is 8.96. The van der Waals surface area contributed by atoms with Crippen LogP contribution in [0.15, 0.2) is 65.7 Å². The lowest BCUT2D eigenvalue weighted by Crippen LogP contribution is -2.23. The highest BCUT2D eigenvalue weighted by Crippen LogP contribution is 2.22. The number of nitrogens with one attached hydrogen (secondary N) is 1. The van der Waals surface area contributed by atoms with Crippen LogP contribution in [0, 0.1) is 0 Å². The number of carbonyl (C=O) groups excluding carboxylic acids is 1. The highest BCUT2D eigenvalue weighted by molar-refractivity contribution is 5.94. The molecule has 0 saturated heterocycles. The summed E-state index contributed by atoms with van der Waals surface area (Å²) in [6, 6.07) is 15.1. The number of nitrogens with zero attached hydrogens (tertiary/aromatic N) is 3. The smallest absolute Gasteiger partial charge is 0.277 e. The van der Waals surface area contributed by atoms with Gasteiger partial charge in [-0.05, 0) is 68.0 Å². The molecule has 1 aliphatic rings. The van der Waals surface area contributed by atoms with E-state index < -0.39 is 0 Å². The molecule has 1 N–H and O–H groups in total. The Morgan fingerprint density at radius 2 is 1.88 bits per heavy atom. The van der Waals surface area contributed by atoms with E-state index in [0.717, 1.165) is 53.8 Å². The van der Waals surface area contributed by atoms with E-state index in [1.54, 1.807) is 27.4 Å². The molecule has 0 atom stereocenters. The minimum atomic E-state index is -0.141. The summed E-state index contributed by atoms with van der Waals surface area (Å²) in [6.45, 7) is 3.42. The second kappa shape index (κ2) is 9.55. The van der Waals surface area contributed by atoms with Crippen molar-refractivity contribution in [2.24, 2.45) is 0 Å². The number of ether oxygens (including phenoxy) is 1. The van der Waals surface area contributed by atoms with Crippen molar-refractivity contribution in [1.82, 2.24) is 19.5 Å². The van der Waals surface area contributed by atoms with Crippen molar-refractivity contribution >= 4 is 11.4 Å². The number of rotatable bonds is 7. The summed E-state index contributed by atoms with van der Waals surface area (Å²) in [7, 11) is 0. The monoisotopic (exact) mass is 456 g/mol. The molecule has 0 spiro atoms. The third-order valence-corrected chi connectivity index (χ3v) is 6.26. The van der Waals surface area contributed by atoms with Crippen LogP contribution in [0.5, 0.6) is 5.75 Å². The number of amides is 1. The number of aromatic nitrogens is 3. The van der Waals surface area contributed by atoms with Crippen molar-refractivity contribution in [3.05, 3.63) is 99.2 Å². The standard InChI is InChI=1S/C27H28N4O3/c1-2-34-22-7-5-6-20(16-22)17-28-26(32)21-12-10-19(11-13-21)18-30-14-15-31-25(27(30)33)23-8-3-4-9-24(23)29-31/h5-7,10-16H,2-4,8-9,17-18H2,1H3,(H,28,32). The van der Waals surface area contributed by atoms with E-state index in [9.17, 15) is 9.59 Å². The molecule has 7 heteroatoms. The molecular weight excluding hydrogens is 428 g/mol. The Morgan fingerprint density at radius 1 is 1.06 bits per heavy atom.